The molecule has 0 radical (unpaired) electrons. The van der Waals surface area contributed by atoms with Crippen LogP contribution in [0.5, 0.6) is 0 Å². The van der Waals surface area contributed by atoms with Crippen LogP contribution < -0.4 is 0 Å². The summed E-state index contributed by atoms with van der Waals surface area (Å²) in [5.41, 5.74) is 0. The predicted octanol–water partition coefficient (Wildman–Crippen LogP) is 1.26. The number of nitrogens with zero attached hydrogens (tertiary/aromatic N) is 1. The van der Waals surface area contributed by atoms with Crippen molar-refractivity contribution in [3.8, 4) is 0 Å². The van der Waals surface area contributed by atoms with E-state index in [1.807, 2.05) is 18.7 Å². The number of likely N-dealkylation sites (tertiary alicyclic amines) is 1. The van der Waals surface area contributed by atoms with Crippen molar-refractivity contribution in [2.75, 3.05) is 0 Å². The average Bonchev–Trinajstić information content (AvgIpc) is 2.89. The molecule has 3 saturated heterocycles. The lowest BCUT2D eigenvalue weighted by atomic mass is 9.79. The smallest absolute Gasteiger partial charge is 0.308 e. The summed E-state index contributed by atoms with van der Waals surface area (Å²) in [6.45, 7) is 3.74. The Labute approximate surface area is 112 Å². The fourth-order valence-electron chi connectivity index (χ4n) is 4.22. The van der Waals surface area contributed by atoms with Crippen molar-refractivity contribution in [3.63, 3.8) is 0 Å². The van der Waals surface area contributed by atoms with Crippen molar-refractivity contribution in [3.05, 3.63) is 0 Å². The third-order valence-electron chi connectivity index (χ3n) is 5.07. The minimum atomic E-state index is -0.790. The number of carbonyl (C=O) groups is 2. The summed E-state index contributed by atoms with van der Waals surface area (Å²) in [5, 5.41) is 9.39. The molecule has 3 fully saturated rings. The minimum absolute atomic E-state index is 0.0873. The molecule has 6 atom stereocenters. The first-order chi connectivity index (χ1) is 8.99. The number of hydrogen-bond acceptors (Lipinski definition) is 3. The maximum absolute atomic E-state index is 12.3. The van der Waals surface area contributed by atoms with Gasteiger partial charge >= 0.3 is 5.97 Å². The van der Waals surface area contributed by atoms with Gasteiger partial charge in [0.15, 0.2) is 0 Å². The second kappa shape index (κ2) is 4.47. The molecule has 1 amide bonds. The summed E-state index contributed by atoms with van der Waals surface area (Å²) >= 11 is 0. The highest BCUT2D eigenvalue weighted by molar-refractivity contribution is 5.82. The highest BCUT2D eigenvalue weighted by atomic mass is 16.5. The van der Waals surface area contributed by atoms with Gasteiger partial charge in [0, 0.05) is 12.5 Å². The Morgan fingerprint density at radius 2 is 2.11 bits per heavy atom. The van der Waals surface area contributed by atoms with Gasteiger partial charge in [0.25, 0.3) is 0 Å². The number of carbonyl (C=O) groups excluding carboxylic acids is 1. The number of ether oxygens (including phenoxy) is 1. The van der Waals surface area contributed by atoms with Gasteiger partial charge in [-0.05, 0) is 32.1 Å². The Hall–Kier alpha value is -1.10. The van der Waals surface area contributed by atoms with E-state index in [-0.39, 0.29) is 36.1 Å². The van der Waals surface area contributed by atoms with Crippen molar-refractivity contribution in [2.45, 2.75) is 63.8 Å². The van der Waals surface area contributed by atoms with Gasteiger partial charge in [-0.15, -0.1) is 0 Å². The summed E-state index contributed by atoms with van der Waals surface area (Å²) in [5.74, 6) is -1.24. The average molecular weight is 267 g/mol. The Balaban J connectivity index is 1.83. The van der Waals surface area contributed by atoms with Crippen molar-refractivity contribution in [1.29, 1.82) is 0 Å². The molecule has 106 valence electrons. The van der Waals surface area contributed by atoms with Gasteiger partial charge in [-0.3, -0.25) is 9.59 Å². The van der Waals surface area contributed by atoms with E-state index in [4.69, 9.17) is 4.74 Å². The Morgan fingerprint density at radius 1 is 1.37 bits per heavy atom. The summed E-state index contributed by atoms with van der Waals surface area (Å²) in [4.78, 5) is 25.6. The van der Waals surface area contributed by atoms with E-state index in [0.29, 0.717) is 6.42 Å². The molecule has 0 aromatic carbocycles. The zero-order valence-electron chi connectivity index (χ0n) is 11.4. The Kier molecular flexibility index (Phi) is 3.04. The fraction of sp³-hybridized carbons (Fsp3) is 0.857. The molecule has 2 bridgehead atoms. The number of aliphatic carboxylic acids is 1. The van der Waals surface area contributed by atoms with Crippen LogP contribution in [-0.2, 0) is 14.3 Å². The zero-order valence-corrected chi connectivity index (χ0v) is 11.4. The van der Waals surface area contributed by atoms with Crippen molar-refractivity contribution in [1.82, 2.24) is 4.90 Å². The molecular weight excluding hydrogens is 246 g/mol. The number of carboxylic acid groups (broad SMARTS) is 1. The van der Waals surface area contributed by atoms with Gasteiger partial charge < -0.3 is 14.7 Å². The van der Waals surface area contributed by atoms with Gasteiger partial charge in [-0.1, -0.05) is 6.92 Å². The third kappa shape index (κ3) is 1.95. The number of fused-ring (bicyclic) bond motifs is 2. The van der Waals surface area contributed by atoms with Crippen LogP contribution in [0.3, 0.4) is 0 Å². The lowest BCUT2D eigenvalue weighted by Crippen LogP contribution is -2.58. The van der Waals surface area contributed by atoms with E-state index in [9.17, 15) is 14.7 Å². The maximum Gasteiger partial charge on any atom is 0.308 e. The zero-order chi connectivity index (χ0) is 13.7. The van der Waals surface area contributed by atoms with Crippen LogP contribution in [0.1, 0.15) is 39.5 Å². The molecule has 3 rings (SSSR count). The fourth-order valence-corrected chi connectivity index (χ4v) is 4.22. The van der Waals surface area contributed by atoms with Gasteiger partial charge in [0.2, 0.25) is 5.91 Å². The normalized spacial score (nSPS) is 45.8. The van der Waals surface area contributed by atoms with Gasteiger partial charge in [-0.25, -0.2) is 0 Å². The van der Waals surface area contributed by atoms with Gasteiger partial charge in [0.05, 0.1) is 24.2 Å². The van der Waals surface area contributed by atoms with E-state index < -0.39 is 11.9 Å². The molecule has 3 aliphatic rings. The minimum Gasteiger partial charge on any atom is -0.481 e. The largest absolute Gasteiger partial charge is 0.481 e. The van der Waals surface area contributed by atoms with Crippen LogP contribution in [-0.4, -0.2) is 46.2 Å². The van der Waals surface area contributed by atoms with Crippen molar-refractivity contribution >= 4 is 11.9 Å². The molecule has 5 nitrogen and oxygen atoms in total. The predicted molar refractivity (Wildman–Crippen MR) is 67.5 cm³/mol. The summed E-state index contributed by atoms with van der Waals surface area (Å²) in [7, 11) is 0. The summed E-state index contributed by atoms with van der Waals surface area (Å²) in [6, 6.07) is -0.141. The molecule has 1 N–H and O–H groups in total. The first-order valence-electron chi connectivity index (χ1n) is 7.18. The maximum atomic E-state index is 12.3. The molecule has 5 heteroatoms. The van der Waals surface area contributed by atoms with Crippen LogP contribution in [0.2, 0.25) is 0 Å². The van der Waals surface area contributed by atoms with E-state index in [0.717, 1.165) is 19.3 Å². The molecule has 19 heavy (non-hydrogen) atoms. The van der Waals surface area contributed by atoms with Crippen molar-refractivity contribution < 1.29 is 19.4 Å². The number of rotatable bonds is 2. The standard InChI is InChI=1S/C14H21NO4/c1-7-5-12(16)15(8(2)13(7)14(17)18)10-6-9-3-4-11(10)19-9/h7-11,13H,3-6H2,1-2H3,(H,17,18). The van der Waals surface area contributed by atoms with Crippen LogP contribution >= 0.6 is 0 Å². The molecule has 3 aliphatic heterocycles. The number of piperidine rings is 1. The van der Waals surface area contributed by atoms with Crippen LogP contribution in [0.15, 0.2) is 0 Å². The van der Waals surface area contributed by atoms with Gasteiger partial charge in [0.1, 0.15) is 0 Å². The van der Waals surface area contributed by atoms with Crippen LogP contribution in [0.25, 0.3) is 0 Å². The van der Waals surface area contributed by atoms with Crippen molar-refractivity contribution in [2.24, 2.45) is 11.8 Å². The second-order valence-corrected chi connectivity index (χ2v) is 6.26. The second-order valence-electron chi connectivity index (χ2n) is 6.26. The number of hydrogen-bond donors (Lipinski definition) is 1. The lowest BCUT2D eigenvalue weighted by molar-refractivity contribution is -0.158. The quantitative estimate of drug-likeness (QED) is 0.818. The van der Waals surface area contributed by atoms with Crippen LogP contribution in [0, 0.1) is 11.8 Å². The lowest BCUT2D eigenvalue weighted by Gasteiger charge is -2.45. The molecule has 0 saturated carbocycles. The Morgan fingerprint density at radius 3 is 2.63 bits per heavy atom. The molecule has 0 aromatic heterocycles. The van der Waals surface area contributed by atoms with E-state index in [1.165, 1.54) is 0 Å². The highest BCUT2D eigenvalue weighted by Crippen LogP contribution is 2.41. The number of amides is 1. The molecule has 0 spiro atoms. The van der Waals surface area contributed by atoms with Crippen LogP contribution in [0.4, 0.5) is 0 Å². The van der Waals surface area contributed by atoms with Gasteiger partial charge in [-0.2, -0.15) is 0 Å². The number of carboxylic acids is 1. The summed E-state index contributed by atoms with van der Waals surface area (Å²) in [6.07, 6.45) is 3.70. The third-order valence-corrected chi connectivity index (χ3v) is 5.07. The first kappa shape index (κ1) is 12.9. The molecule has 3 heterocycles. The highest BCUT2D eigenvalue weighted by Gasteiger charge is 2.51. The van der Waals surface area contributed by atoms with E-state index >= 15 is 0 Å². The molecule has 0 aromatic rings. The van der Waals surface area contributed by atoms with E-state index in [2.05, 4.69) is 0 Å². The SMILES string of the molecule is CC1CC(=O)N(C2CC3CCC2O3)C(C)C1C(=O)O. The molecular formula is C14H21NO4. The monoisotopic (exact) mass is 267 g/mol. The molecule has 6 unspecified atom stereocenters. The van der Waals surface area contributed by atoms with E-state index in [1.54, 1.807) is 0 Å². The topological polar surface area (TPSA) is 66.8 Å². The first-order valence-corrected chi connectivity index (χ1v) is 7.18. The summed E-state index contributed by atoms with van der Waals surface area (Å²) < 4.78 is 5.82. The Bertz CT molecular complexity index is 410. The molecule has 0 aliphatic carbocycles.